The van der Waals surface area contributed by atoms with E-state index in [-0.39, 0.29) is 48.3 Å². The van der Waals surface area contributed by atoms with Crippen LogP contribution in [-0.2, 0) is 10.4 Å². The van der Waals surface area contributed by atoms with Gasteiger partial charge in [-0.3, -0.25) is 9.11 Å². The molecule has 0 fully saturated rings. The van der Waals surface area contributed by atoms with E-state index in [2.05, 4.69) is 0 Å². The van der Waals surface area contributed by atoms with Gasteiger partial charge >= 0.3 is 40.0 Å². The number of rotatable bonds is 0. The first kappa shape index (κ1) is 22.4. The van der Waals surface area contributed by atoms with Crippen molar-refractivity contribution in [3.8, 4) is 0 Å². The molecule has 0 aliphatic carbocycles. The van der Waals surface area contributed by atoms with Crippen LogP contribution in [0.3, 0.4) is 0 Å². The Morgan fingerprint density at radius 3 is 1.30 bits per heavy atom. The maximum Gasteiger partial charge on any atom is 1.00 e. The molecule has 3 radical (unpaired) electrons. The third kappa shape index (κ3) is 832. The Morgan fingerprint density at radius 1 is 1.30 bits per heavy atom. The molecule has 0 aromatic rings. The van der Waals surface area contributed by atoms with Gasteiger partial charge < -0.3 is 6.63 Å². The standard InChI is InChI=1S/Al.HNO2.Na.H2O4S.H/c;2-1-3;;1-5(2,3)4;/h;(H,2,3);;(H2,1,2,3,4);/q;;+1;;-1. The van der Waals surface area contributed by atoms with E-state index < -0.39 is 10.4 Å². The second kappa shape index (κ2) is 12.5. The molecule has 0 heterocycles. The van der Waals surface area contributed by atoms with Crippen molar-refractivity contribution in [3.05, 3.63) is 4.91 Å². The van der Waals surface area contributed by atoms with E-state index in [0.29, 0.717) is 0 Å². The first-order valence-corrected chi connectivity index (χ1v) is 2.48. The van der Waals surface area contributed by atoms with Crippen molar-refractivity contribution < 1.29 is 53.7 Å². The van der Waals surface area contributed by atoms with Crippen LogP contribution in [0.2, 0.25) is 0 Å². The number of hydrogen-bond acceptors (Lipinski definition) is 4. The van der Waals surface area contributed by atoms with Gasteiger partial charge in [0.25, 0.3) is 0 Å². The van der Waals surface area contributed by atoms with E-state index in [1.165, 1.54) is 5.34 Å². The molecule has 0 rings (SSSR count). The van der Waals surface area contributed by atoms with Gasteiger partial charge in [0.15, 0.2) is 5.34 Å². The van der Waals surface area contributed by atoms with Crippen LogP contribution in [0.25, 0.3) is 0 Å². The summed E-state index contributed by atoms with van der Waals surface area (Å²) in [6.07, 6.45) is 0. The molecule has 0 bridgehead atoms. The Kier molecular flexibility index (Phi) is 28.0. The first-order chi connectivity index (χ1) is 3.41. The van der Waals surface area contributed by atoms with Gasteiger partial charge in [-0.25, -0.2) is 0 Å². The number of nitrogens with zero attached hydrogens (tertiary/aromatic N) is 1. The molecule has 10 heavy (non-hydrogen) atoms. The van der Waals surface area contributed by atoms with Gasteiger partial charge in [-0.15, -0.1) is 4.91 Å². The van der Waals surface area contributed by atoms with Gasteiger partial charge in [-0.1, -0.05) is 0 Å². The van der Waals surface area contributed by atoms with E-state index in [1.54, 1.807) is 0 Å². The quantitative estimate of drug-likeness (QED) is 0.158. The molecular formula is H4AlNNaO6S. The minimum atomic E-state index is -4.67. The average Bonchev–Trinajstić information content (AvgIpc) is 1.27. The van der Waals surface area contributed by atoms with Gasteiger partial charge in [0, 0.05) is 17.4 Å². The minimum Gasteiger partial charge on any atom is -1.00 e. The van der Waals surface area contributed by atoms with Crippen LogP contribution < -0.4 is 29.6 Å². The van der Waals surface area contributed by atoms with Crippen molar-refractivity contribution in [2.45, 2.75) is 0 Å². The summed E-state index contributed by atoms with van der Waals surface area (Å²) in [6, 6.07) is 0. The van der Waals surface area contributed by atoms with Gasteiger partial charge in [0.1, 0.15) is 0 Å². The van der Waals surface area contributed by atoms with Crippen molar-refractivity contribution in [1.29, 1.82) is 0 Å². The normalized spacial score (nSPS) is 7.00. The monoisotopic (exact) mass is 196 g/mol. The predicted molar refractivity (Wildman–Crippen MR) is 28.6 cm³/mol. The van der Waals surface area contributed by atoms with Gasteiger partial charge in [-0.05, 0) is 0 Å². The zero-order valence-electron chi connectivity index (χ0n) is 6.00. The first-order valence-electron chi connectivity index (χ1n) is 1.08. The van der Waals surface area contributed by atoms with Crippen molar-refractivity contribution in [2.75, 3.05) is 0 Å². The largest absolute Gasteiger partial charge is 1.00 e. The Balaban J connectivity index is -0.0000000183. The Morgan fingerprint density at radius 2 is 1.30 bits per heavy atom. The van der Waals surface area contributed by atoms with Crippen molar-refractivity contribution in [1.82, 2.24) is 0 Å². The third-order valence-corrected chi connectivity index (χ3v) is 0. The van der Waals surface area contributed by atoms with Crippen LogP contribution in [-0.4, -0.2) is 40.1 Å². The predicted octanol–water partition coefficient (Wildman–Crippen LogP) is -3.78. The smallest absolute Gasteiger partial charge is 1.00 e. The molecule has 0 atom stereocenters. The molecule has 0 aromatic heterocycles. The molecule has 0 spiro atoms. The fourth-order valence-electron chi connectivity index (χ4n) is 0. The molecule has 0 saturated carbocycles. The van der Waals surface area contributed by atoms with E-state index in [1.807, 2.05) is 0 Å². The zero-order valence-corrected chi connectivity index (χ0v) is 8.97. The van der Waals surface area contributed by atoms with Crippen LogP contribution >= 0.6 is 0 Å². The zero-order chi connectivity index (χ0) is 7.21. The molecule has 55 valence electrons. The summed E-state index contributed by atoms with van der Waals surface area (Å²) in [5.74, 6) is 0. The molecule has 0 unspecified atom stereocenters. The van der Waals surface area contributed by atoms with Gasteiger partial charge in [-0.2, -0.15) is 8.42 Å². The maximum absolute atomic E-state index is 8.74. The van der Waals surface area contributed by atoms with E-state index >= 15 is 0 Å². The summed E-state index contributed by atoms with van der Waals surface area (Å²) in [7, 11) is -4.67. The summed E-state index contributed by atoms with van der Waals surface area (Å²) >= 11 is 0. The fraction of sp³-hybridized carbons (Fsp3) is 0. The minimum absolute atomic E-state index is 0. The Bertz CT molecular complexity index is 137. The summed E-state index contributed by atoms with van der Waals surface area (Å²) in [5, 5.41) is 7.89. The van der Waals surface area contributed by atoms with Crippen LogP contribution in [0, 0.1) is 4.91 Å². The summed E-state index contributed by atoms with van der Waals surface area (Å²) in [4.78, 5) is 8.11. The second-order valence-electron chi connectivity index (χ2n) is 0.529. The molecule has 0 saturated heterocycles. The Hall–Kier alpha value is 0.802. The van der Waals surface area contributed by atoms with Crippen molar-refractivity contribution >= 4 is 27.8 Å². The van der Waals surface area contributed by atoms with Crippen LogP contribution in [0.15, 0.2) is 5.34 Å². The van der Waals surface area contributed by atoms with Gasteiger partial charge in [0.2, 0.25) is 0 Å². The van der Waals surface area contributed by atoms with Crippen molar-refractivity contribution in [2.24, 2.45) is 5.34 Å². The van der Waals surface area contributed by atoms with Gasteiger partial charge in [0.05, 0.1) is 0 Å². The topological polar surface area (TPSA) is 124 Å². The SMILES string of the molecule is O=NO.O=S(=O)(O)O.[Al].[H-].[Na+]. The molecule has 0 aliphatic heterocycles. The molecule has 10 heteroatoms. The van der Waals surface area contributed by atoms with E-state index in [9.17, 15) is 0 Å². The Labute approximate surface area is 91.2 Å². The number of hydrogen-bond donors (Lipinski definition) is 3. The van der Waals surface area contributed by atoms with Crippen molar-refractivity contribution in [3.63, 3.8) is 0 Å². The molecule has 0 amide bonds. The molecule has 0 aliphatic rings. The summed E-state index contributed by atoms with van der Waals surface area (Å²) in [6.45, 7) is 0. The maximum atomic E-state index is 8.74. The molecule has 7 nitrogen and oxygen atoms in total. The third-order valence-electron chi connectivity index (χ3n) is 0. The average molecular weight is 196 g/mol. The summed E-state index contributed by atoms with van der Waals surface area (Å²) < 4.78 is 31.6. The fourth-order valence-corrected chi connectivity index (χ4v) is 0. The van der Waals surface area contributed by atoms with E-state index in [0.717, 1.165) is 0 Å². The molecule has 0 aromatic carbocycles. The summed E-state index contributed by atoms with van der Waals surface area (Å²) in [5.41, 5.74) is 0. The van der Waals surface area contributed by atoms with Crippen LogP contribution in [0.1, 0.15) is 1.43 Å². The van der Waals surface area contributed by atoms with Crippen LogP contribution in [0.5, 0.6) is 0 Å². The second-order valence-corrected chi connectivity index (χ2v) is 1.43. The van der Waals surface area contributed by atoms with E-state index in [4.69, 9.17) is 27.6 Å². The van der Waals surface area contributed by atoms with Crippen LogP contribution in [0.4, 0.5) is 0 Å². The molecular weight excluding hydrogens is 192 g/mol. The molecule has 3 N–H and O–H groups in total.